The molecule has 0 aromatic heterocycles. The molecule has 3 amide bonds. The molecular formula is C16H12N4O3. The van der Waals surface area contributed by atoms with Crippen molar-refractivity contribution in [3.63, 3.8) is 0 Å². The van der Waals surface area contributed by atoms with Crippen LogP contribution in [0.4, 0.5) is 11.4 Å². The maximum absolute atomic E-state index is 11.9. The van der Waals surface area contributed by atoms with Crippen LogP contribution in [-0.2, 0) is 9.59 Å². The molecule has 0 radical (unpaired) electrons. The Bertz CT molecular complexity index is 807. The van der Waals surface area contributed by atoms with Crippen molar-refractivity contribution in [3.8, 4) is 6.07 Å². The second kappa shape index (κ2) is 6.87. The highest BCUT2D eigenvalue weighted by atomic mass is 16.2. The Labute approximate surface area is 131 Å². The Morgan fingerprint density at radius 2 is 1.61 bits per heavy atom. The number of para-hydroxylation sites is 1. The van der Waals surface area contributed by atoms with Crippen LogP contribution in [0, 0.1) is 11.3 Å². The zero-order valence-corrected chi connectivity index (χ0v) is 11.9. The summed E-state index contributed by atoms with van der Waals surface area (Å²) in [5.41, 5.74) is 6.68. The Hall–Kier alpha value is -3.66. The highest BCUT2D eigenvalue weighted by Gasteiger charge is 2.19. The quantitative estimate of drug-likeness (QED) is 0.564. The maximum atomic E-state index is 11.9. The van der Waals surface area contributed by atoms with Crippen molar-refractivity contribution in [1.82, 2.24) is 5.32 Å². The van der Waals surface area contributed by atoms with Gasteiger partial charge in [0, 0.05) is 11.4 Å². The number of hydrogen-bond acceptors (Lipinski definition) is 5. The minimum atomic E-state index is -1.11. The molecule has 0 fully saturated rings. The second-order valence-corrected chi connectivity index (χ2v) is 4.51. The summed E-state index contributed by atoms with van der Waals surface area (Å²) in [5, 5.41) is 13.0. The SMILES string of the molecule is N#Cc1ccc(NC(=O)C(=O)NC(=O)c2ccccc2N)cc1. The summed E-state index contributed by atoms with van der Waals surface area (Å²) in [6.45, 7) is 0. The number of imide groups is 1. The first-order valence-corrected chi connectivity index (χ1v) is 6.52. The molecule has 0 unspecified atom stereocenters. The lowest BCUT2D eigenvalue weighted by atomic mass is 10.1. The van der Waals surface area contributed by atoms with Crippen LogP contribution in [0.1, 0.15) is 15.9 Å². The number of anilines is 2. The summed E-state index contributed by atoms with van der Waals surface area (Å²) in [5.74, 6) is -2.87. The molecule has 0 aliphatic heterocycles. The lowest BCUT2D eigenvalue weighted by Crippen LogP contribution is -2.39. The van der Waals surface area contributed by atoms with Crippen LogP contribution >= 0.6 is 0 Å². The van der Waals surface area contributed by atoms with Gasteiger partial charge >= 0.3 is 11.8 Å². The van der Waals surface area contributed by atoms with E-state index in [1.165, 1.54) is 36.4 Å². The highest BCUT2D eigenvalue weighted by Crippen LogP contribution is 2.10. The number of nitrogens with two attached hydrogens (primary N) is 1. The minimum absolute atomic E-state index is 0.104. The van der Waals surface area contributed by atoms with E-state index in [4.69, 9.17) is 11.0 Å². The molecule has 7 nitrogen and oxygen atoms in total. The van der Waals surface area contributed by atoms with E-state index in [1.54, 1.807) is 12.1 Å². The fourth-order valence-corrected chi connectivity index (χ4v) is 1.75. The molecule has 2 aromatic rings. The molecule has 0 atom stereocenters. The lowest BCUT2D eigenvalue weighted by molar-refractivity contribution is -0.135. The van der Waals surface area contributed by atoms with Gasteiger partial charge in [0.25, 0.3) is 5.91 Å². The molecule has 23 heavy (non-hydrogen) atoms. The van der Waals surface area contributed by atoms with E-state index in [9.17, 15) is 14.4 Å². The van der Waals surface area contributed by atoms with Crippen molar-refractivity contribution in [2.45, 2.75) is 0 Å². The number of amides is 3. The molecule has 7 heteroatoms. The molecule has 2 rings (SSSR count). The number of carbonyl (C=O) groups excluding carboxylic acids is 3. The first-order valence-electron chi connectivity index (χ1n) is 6.52. The molecule has 0 aliphatic rings. The van der Waals surface area contributed by atoms with Gasteiger partial charge in [-0.2, -0.15) is 5.26 Å². The van der Waals surface area contributed by atoms with Gasteiger partial charge in [-0.1, -0.05) is 12.1 Å². The Morgan fingerprint density at radius 1 is 0.957 bits per heavy atom. The monoisotopic (exact) mass is 308 g/mol. The largest absolute Gasteiger partial charge is 0.398 e. The smallest absolute Gasteiger partial charge is 0.316 e. The standard InChI is InChI=1S/C16H12N4O3/c17-9-10-5-7-11(8-6-10)19-15(22)16(23)20-14(21)12-3-1-2-4-13(12)18/h1-8H,18H2,(H,19,22)(H,20,21,23). The Kier molecular flexibility index (Phi) is 4.69. The normalized spacial score (nSPS) is 9.52. The van der Waals surface area contributed by atoms with Crippen molar-refractivity contribution in [2.24, 2.45) is 0 Å². The third kappa shape index (κ3) is 3.92. The second-order valence-electron chi connectivity index (χ2n) is 4.51. The van der Waals surface area contributed by atoms with E-state index >= 15 is 0 Å². The highest BCUT2D eigenvalue weighted by molar-refractivity contribution is 6.42. The molecule has 114 valence electrons. The fraction of sp³-hybridized carbons (Fsp3) is 0. The molecule has 0 bridgehead atoms. The third-order valence-corrected chi connectivity index (χ3v) is 2.91. The van der Waals surface area contributed by atoms with Crippen LogP contribution in [0.2, 0.25) is 0 Å². The van der Waals surface area contributed by atoms with Crippen molar-refractivity contribution >= 4 is 29.1 Å². The topological polar surface area (TPSA) is 125 Å². The van der Waals surface area contributed by atoms with Gasteiger partial charge in [-0.25, -0.2) is 0 Å². The number of nitrogen functional groups attached to an aromatic ring is 1. The average Bonchev–Trinajstić information content (AvgIpc) is 2.55. The Morgan fingerprint density at radius 3 is 2.22 bits per heavy atom. The van der Waals surface area contributed by atoms with Crippen LogP contribution in [0.5, 0.6) is 0 Å². The Balaban J connectivity index is 2.00. The average molecular weight is 308 g/mol. The summed E-state index contributed by atoms with van der Waals surface area (Å²) in [4.78, 5) is 35.4. The maximum Gasteiger partial charge on any atom is 0.316 e. The van der Waals surface area contributed by atoms with Gasteiger partial charge in [-0.15, -0.1) is 0 Å². The summed E-state index contributed by atoms with van der Waals surface area (Å²) in [6.07, 6.45) is 0. The number of carbonyl (C=O) groups is 3. The van der Waals surface area contributed by atoms with Crippen molar-refractivity contribution in [1.29, 1.82) is 5.26 Å². The van der Waals surface area contributed by atoms with Crippen molar-refractivity contribution in [3.05, 3.63) is 59.7 Å². The summed E-state index contributed by atoms with van der Waals surface area (Å²) < 4.78 is 0. The summed E-state index contributed by atoms with van der Waals surface area (Å²) >= 11 is 0. The number of nitrogens with one attached hydrogen (secondary N) is 2. The zero-order valence-electron chi connectivity index (χ0n) is 11.9. The number of hydrogen-bond donors (Lipinski definition) is 3. The predicted octanol–water partition coefficient (Wildman–Crippen LogP) is 1.04. The van der Waals surface area contributed by atoms with Gasteiger partial charge in [0.15, 0.2) is 0 Å². The van der Waals surface area contributed by atoms with Crippen LogP contribution in [0.25, 0.3) is 0 Å². The zero-order chi connectivity index (χ0) is 16.8. The molecule has 0 saturated heterocycles. The third-order valence-electron chi connectivity index (χ3n) is 2.91. The van der Waals surface area contributed by atoms with Gasteiger partial charge in [-0.3, -0.25) is 19.7 Å². The number of benzene rings is 2. The van der Waals surface area contributed by atoms with E-state index in [2.05, 4.69) is 5.32 Å². The van der Waals surface area contributed by atoms with Gasteiger partial charge in [0.05, 0.1) is 17.2 Å². The first kappa shape index (κ1) is 15.7. The van der Waals surface area contributed by atoms with Gasteiger partial charge in [-0.05, 0) is 36.4 Å². The molecule has 2 aromatic carbocycles. The van der Waals surface area contributed by atoms with Crippen LogP contribution in [0.3, 0.4) is 0 Å². The molecule has 0 aliphatic carbocycles. The number of nitrogens with zero attached hydrogens (tertiary/aromatic N) is 1. The van der Waals surface area contributed by atoms with E-state index < -0.39 is 17.7 Å². The van der Waals surface area contributed by atoms with Gasteiger partial charge in [0.2, 0.25) is 0 Å². The van der Waals surface area contributed by atoms with E-state index in [0.717, 1.165) is 0 Å². The van der Waals surface area contributed by atoms with Gasteiger partial charge in [0.1, 0.15) is 0 Å². The lowest BCUT2D eigenvalue weighted by Gasteiger charge is -2.07. The summed E-state index contributed by atoms with van der Waals surface area (Å²) in [6, 6.07) is 14.0. The van der Waals surface area contributed by atoms with Crippen molar-refractivity contribution in [2.75, 3.05) is 11.1 Å². The number of nitriles is 1. The fourth-order valence-electron chi connectivity index (χ4n) is 1.75. The van der Waals surface area contributed by atoms with E-state index in [1.807, 2.05) is 11.4 Å². The molecule has 0 spiro atoms. The van der Waals surface area contributed by atoms with Crippen LogP contribution in [-0.4, -0.2) is 17.7 Å². The minimum Gasteiger partial charge on any atom is -0.398 e. The molecule has 4 N–H and O–H groups in total. The molecule has 0 heterocycles. The number of rotatable bonds is 2. The van der Waals surface area contributed by atoms with Crippen LogP contribution < -0.4 is 16.4 Å². The van der Waals surface area contributed by atoms with Crippen LogP contribution in [0.15, 0.2) is 48.5 Å². The van der Waals surface area contributed by atoms with Gasteiger partial charge < -0.3 is 11.1 Å². The van der Waals surface area contributed by atoms with Crippen molar-refractivity contribution < 1.29 is 14.4 Å². The first-order chi connectivity index (χ1) is 11.0. The molecular weight excluding hydrogens is 296 g/mol. The molecule has 0 saturated carbocycles. The van der Waals surface area contributed by atoms with E-state index in [-0.39, 0.29) is 11.3 Å². The summed E-state index contributed by atoms with van der Waals surface area (Å²) in [7, 11) is 0. The van der Waals surface area contributed by atoms with E-state index in [0.29, 0.717) is 11.3 Å². The predicted molar refractivity (Wildman–Crippen MR) is 83.1 cm³/mol.